The van der Waals surface area contributed by atoms with E-state index >= 15 is 0 Å². The minimum atomic E-state index is -4.02. The molecule has 36 heavy (non-hydrogen) atoms. The number of carbonyl (C=O) groups excluding carboxylic acids is 3. The van der Waals surface area contributed by atoms with Crippen molar-refractivity contribution in [1.29, 1.82) is 0 Å². The number of carbonyl (C=O) groups is 3. The van der Waals surface area contributed by atoms with Gasteiger partial charge in [0.15, 0.2) is 12.4 Å². The van der Waals surface area contributed by atoms with Gasteiger partial charge in [0.05, 0.1) is 12.7 Å². The van der Waals surface area contributed by atoms with Gasteiger partial charge in [0.2, 0.25) is 10.0 Å². The first kappa shape index (κ1) is 26.6. The van der Waals surface area contributed by atoms with E-state index in [4.69, 9.17) is 9.47 Å². The normalized spacial score (nSPS) is 11.1. The van der Waals surface area contributed by atoms with Crippen molar-refractivity contribution in [2.75, 3.05) is 26.1 Å². The predicted molar refractivity (Wildman–Crippen MR) is 133 cm³/mol. The highest BCUT2D eigenvalue weighted by molar-refractivity contribution is 7.89. The lowest BCUT2D eigenvalue weighted by atomic mass is 10.1. The van der Waals surface area contributed by atoms with Crippen LogP contribution in [-0.4, -0.2) is 51.1 Å². The molecule has 1 amide bonds. The molecule has 0 bridgehead atoms. The minimum Gasteiger partial charge on any atom is -0.495 e. The van der Waals surface area contributed by atoms with Gasteiger partial charge in [-0.25, -0.2) is 13.2 Å². The number of hydrogen-bond donors (Lipinski definition) is 1. The Bertz CT molecular complexity index is 1350. The maximum Gasteiger partial charge on any atom is 0.338 e. The smallest absolute Gasteiger partial charge is 0.338 e. The number of esters is 1. The molecule has 0 saturated carbocycles. The molecule has 188 valence electrons. The second-order valence-electron chi connectivity index (χ2n) is 7.87. The number of methoxy groups -OCH3 is 1. The standard InChI is InChI=1S/C26H26N2O7S/c1-18(29)20-9-12-22(13-10-20)27-25(30)17-35-26(31)21-11-14-23(34-3)24(15-21)36(32,33)28(2)16-19-7-5-4-6-8-19/h4-15H,16-17H2,1-3H3,(H,27,30). The van der Waals surface area contributed by atoms with E-state index in [9.17, 15) is 22.8 Å². The number of Topliss-reactive ketones (excluding diaryl/α,β-unsaturated/α-hetero) is 1. The monoisotopic (exact) mass is 510 g/mol. The number of nitrogens with one attached hydrogen (secondary N) is 1. The minimum absolute atomic E-state index is 0.0545. The average Bonchev–Trinajstić information content (AvgIpc) is 2.87. The summed E-state index contributed by atoms with van der Waals surface area (Å²) >= 11 is 0. The Labute approximate surface area is 209 Å². The van der Waals surface area contributed by atoms with Crippen LogP contribution in [0.1, 0.15) is 33.2 Å². The fraction of sp³-hybridized carbons (Fsp3) is 0.192. The first-order valence-corrected chi connectivity index (χ1v) is 12.3. The number of benzene rings is 3. The second-order valence-corrected chi connectivity index (χ2v) is 9.88. The molecule has 0 aliphatic carbocycles. The number of sulfonamides is 1. The average molecular weight is 511 g/mol. The first-order chi connectivity index (χ1) is 17.1. The molecule has 3 aromatic carbocycles. The van der Waals surface area contributed by atoms with Gasteiger partial charge in [0, 0.05) is 24.8 Å². The highest BCUT2D eigenvalue weighted by Gasteiger charge is 2.27. The van der Waals surface area contributed by atoms with E-state index in [0.29, 0.717) is 11.3 Å². The molecule has 9 nitrogen and oxygen atoms in total. The van der Waals surface area contributed by atoms with Crippen molar-refractivity contribution >= 4 is 33.4 Å². The van der Waals surface area contributed by atoms with Gasteiger partial charge < -0.3 is 14.8 Å². The summed E-state index contributed by atoms with van der Waals surface area (Å²) < 4.78 is 37.9. The quantitative estimate of drug-likeness (QED) is 0.327. The fourth-order valence-electron chi connectivity index (χ4n) is 3.30. The van der Waals surface area contributed by atoms with Gasteiger partial charge in [-0.05, 0) is 55.0 Å². The topological polar surface area (TPSA) is 119 Å². The summed E-state index contributed by atoms with van der Waals surface area (Å²) in [6.07, 6.45) is 0. The number of ether oxygens (including phenoxy) is 2. The van der Waals surface area contributed by atoms with Crippen LogP contribution in [0, 0.1) is 0 Å². The number of amides is 1. The van der Waals surface area contributed by atoms with Crippen molar-refractivity contribution in [2.45, 2.75) is 18.4 Å². The number of nitrogens with zero attached hydrogens (tertiary/aromatic N) is 1. The second kappa shape index (κ2) is 11.6. The molecule has 0 saturated heterocycles. The third-order valence-corrected chi connectivity index (χ3v) is 7.07. The van der Waals surface area contributed by atoms with Crippen LogP contribution in [0.5, 0.6) is 5.75 Å². The summed E-state index contributed by atoms with van der Waals surface area (Å²) in [5, 5.41) is 2.56. The zero-order valence-electron chi connectivity index (χ0n) is 20.1. The van der Waals surface area contributed by atoms with E-state index in [1.165, 1.54) is 33.2 Å². The molecule has 0 aromatic heterocycles. The Kier molecular flexibility index (Phi) is 8.57. The Morgan fingerprint density at radius 1 is 0.917 bits per heavy atom. The first-order valence-electron chi connectivity index (χ1n) is 10.9. The van der Waals surface area contributed by atoms with E-state index in [0.717, 1.165) is 15.9 Å². The molecular weight excluding hydrogens is 484 g/mol. The summed E-state index contributed by atoms with van der Waals surface area (Å²) in [7, 11) is -1.26. The van der Waals surface area contributed by atoms with E-state index < -0.39 is 28.5 Å². The molecular formula is C26H26N2O7S. The molecule has 3 rings (SSSR count). The SMILES string of the molecule is COc1ccc(C(=O)OCC(=O)Nc2ccc(C(C)=O)cc2)cc1S(=O)(=O)N(C)Cc1ccccc1. The van der Waals surface area contributed by atoms with E-state index in [1.807, 2.05) is 18.2 Å². The van der Waals surface area contributed by atoms with Crippen molar-refractivity contribution in [1.82, 2.24) is 4.31 Å². The fourth-order valence-corrected chi connectivity index (χ4v) is 4.63. The highest BCUT2D eigenvalue weighted by atomic mass is 32.2. The zero-order valence-corrected chi connectivity index (χ0v) is 20.9. The lowest BCUT2D eigenvalue weighted by molar-refractivity contribution is -0.119. The van der Waals surface area contributed by atoms with Crippen LogP contribution in [0.2, 0.25) is 0 Å². The summed E-state index contributed by atoms with van der Waals surface area (Å²) in [4.78, 5) is 35.9. The van der Waals surface area contributed by atoms with E-state index in [2.05, 4.69) is 5.32 Å². The van der Waals surface area contributed by atoms with Crippen molar-refractivity contribution in [3.05, 3.63) is 89.5 Å². The molecule has 0 aliphatic heterocycles. The molecule has 0 unspecified atom stereocenters. The van der Waals surface area contributed by atoms with Crippen LogP contribution < -0.4 is 10.1 Å². The highest BCUT2D eigenvalue weighted by Crippen LogP contribution is 2.28. The van der Waals surface area contributed by atoms with Crippen LogP contribution in [0.4, 0.5) is 5.69 Å². The van der Waals surface area contributed by atoms with Crippen LogP contribution in [0.3, 0.4) is 0 Å². The van der Waals surface area contributed by atoms with Gasteiger partial charge in [-0.3, -0.25) is 9.59 Å². The molecule has 10 heteroatoms. The van der Waals surface area contributed by atoms with Crippen molar-refractivity contribution in [3.8, 4) is 5.75 Å². The van der Waals surface area contributed by atoms with Crippen molar-refractivity contribution < 1.29 is 32.3 Å². The third-order valence-electron chi connectivity index (χ3n) is 5.25. The largest absolute Gasteiger partial charge is 0.495 e. The van der Waals surface area contributed by atoms with Gasteiger partial charge in [0.1, 0.15) is 10.6 Å². The summed E-state index contributed by atoms with van der Waals surface area (Å²) in [6, 6.07) is 19.2. The Balaban J connectivity index is 1.70. The number of rotatable bonds is 10. The third kappa shape index (κ3) is 6.55. The lowest BCUT2D eigenvalue weighted by Crippen LogP contribution is -2.27. The van der Waals surface area contributed by atoms with Crippen LogP contribution >= 0.6 is 0 Å². The van der Waals surface area contributed by atoms with Gasteiger partial charge in [0.25, 0.3) is 5.91 Å². The van der Waals surface area contributed by atoms with E-state index in [1.54, 1.807) is 36.4 Å². The maximum atomic E-state index is 13.2. The molecule has 0 radical (unpaired) electrons. The van der Waals surface area contributed by atoms with Crippen LogP contribution in [0.25, 0.3) is 0 Å². The summed E-state index contributed by atoms with van der Waals surface area (Å²) in [5.74, 6) is -1.50. The molecule has 0 heterocycles. The van der Waals surface area contributed by atoms with Crippen molar-refractivity contribution in [3.63, 3.8) is 0 Å². The number of anilines is 1. The van der Waals surface area contributed by atoms with Crippen molar-refractivity contribution in [2.24, 2.45) is 0 Å². The Morgan fingerprint density at radius 2 is 1.56 bits per heavy atom. The van der Waals surface area contributed by atoms with Gasteiger partial charge in [-0.1, -0.05) is 30.3 Å². The molecule has 0 fully saturated rings. The number of ketones is 1. The Hall–Kier alpha value is -4.02. The summed E-state index contributed by atoms with van der Waals surface area (Å²) in [6.45, 7) is 0.966. The maximum absolute atomic E-state index is 13.2. The van der Waals surface area contributed by atoms with Crippen LogP contribution in [0.15, 0.2) is 77.7 Å². The molecule has 1 N–H and O–H groups in total. The van der Waals surface area contributed by atoms with E-state index in [-0.39, 0.29) is 28.5 Å². The summed E-state index contributed by atoms with van der Waals surface area (Å²) in [5.41, 5.74) is 1.67. The van der Waals surface area contributed by atoms with Gasteiger partial charge in [-0.2, -0.15) is 4.31 Å². The molecule has 0 atom stereocenters. The van der Waals surface area contributed by atoms with Gasteiger partial charge >= 0.3 is 5.97 Å². The molecule has 3 aromatic rings. The molecule has 0 spiro atoms. The number of hydrogen-bond acceptors (Lipinski definition) is 7. The Morgan fingerprint density at radius 3 is 2.17 bits per heavy atom. The lowest BCUT2D eigenvalue weighted by Gasteiger charge is -2.19. The zero-order chi connectivity index (χ0) is 26.3. The van der Waals surface area contributed by atoms with Gasteiger partial charge in [-0.15, -0.1) is 0 Å². The predicted octanol–water partition coefficient (Wildman–Crippen LogP) is 3.51. The molecule has 0 aliphatic rings. The van der Waals surface area contributed by atoms with Crippen LogP contribution in [-0.2, 0) is 26.1 Å².